The van der Waals surface area contributed by atoms with E-state index in [9.17, 15) is 0 Å². The van der Waals surface area contributed by atoms with E-state index in [2.05, 4.69) is 175 Å². The molecule has 11 rings (SSSR count). The van der Waals surface area contributed by atoms with Gasteiger partial charge < -0.3 is 4.57 Å². The molecular formula is C52H39N. The Morgan fingerprint density at radius 3 is 1.79 bits per heavy atom. The zero-order valence-corrected chi connectivity index (χ0v) is 29.9. The highest BCUT2D eigenvalue weighted by molar-refractivity contribution is 6.10. The highest BCUT2D eigenvalue weighted by Crippen LogP contribution is 2.45. The minimum atomic E-state index is 0.604. The topological polar surface area (TPSA) is 4.93 Å². The summed E-state index contributed by atoms with van der Waals surface area (Å²) in [4.78, 5) is 0. The second-order valence-corrected chi connectivity index (χ2v) is 15.1. The van der Waals surface area contributed by atoms with Crippen LogP contribution in [0.25, 0.3) is 89.4 Å². The average molecular weight is 678 g/mol. The Hall–Kier alpha value is -6.18. The minimum Gasteiger partial charge on any atom is -0.309 e. The lowest BCUT2D eigenvalue weighted by Crippen LogP contribution is -2.31. The van der Waals surface area contributed by atoms with Crippen molar-refractivity contribution in [1.29, 1.82) is 0 Å². The van der Waals surface area contributed by atoms with Crippen LogP contribution in [0.3, 0.4) is 0 Å². The monoisotopic (exact) mass is 677 g/mol. The molecule has 0 saturated carbocycles. The highest BCUT2D eigenvalue weighted by atomic mass is 15.0. The molecule has 0 amide bonds. The lowest BCUT2D eigenvalue weighted by atomic mass is 9.85. The van der Waals surface area contributed by atoms with Gasteiger partial charge in [0.15, 0.2) is 0 Å². The number of nitrogens with zero attached hydrogens (tertiary/aromatic N) is 1. The minimum absolute atomic E-state index is 0.604. The van der Waals surface area contributed by atoms with Crippen LogP contribution in [0.15, 0.2) is 157 Å². The molecule has 3 aliphatic carbocycles. The van der Waals surface area contributed by atoms with Gasteiger partial charge in [-0.3, -0.25) is 0 Å². The zero-order chi connectivity index (χ0) is 35.0. The third-order valence-electron chi connectivity index (χ3n) is 12.1. The second-order valence-electron chi connectivity index (χ2n) is 15.1. The van der Waals surface area contributed by atoms with E-state index in [1.165, 1.54) is 98.8 Å². The maximum Gasteiger partial charge on any atom is 0.0541 e. The first-order valence-electron chi connectivity index (χ1n) is 19.2. The van der Waals surface area contributed by atoms with Crippen LogP contribution in [-0.2, 0) is 6.42 Å². The van der Waals surface area contributed by atoms with E-state index in [0.717, 1.165) is 25.7 Å². The van der Waals surface area contributed by atoms with Crippen molar-refractivity contribution < 1.29 is 0 Å². The van der Waals surface area contributed by atoms with Crippen molar-refractivity contribution in [3.8, 4) is 39.1 Å². The van der Waals surface area contributed by atoms with E-state index >= 15 is 0 Å². The van der Waals surface area contributed by atoms with Gasteiger partial charge in [-0.15, -0.1) is 0 Å². The molecule has 0 bridgehead atoms. The molecule has 7 aromatic carbocycles. The van der Waals surface area contributed by atoms with Crippen LogP contribution in [0, 0.1) is 5.92 Å². The zero-order valence-electron chi connectivity index (χ0n) is 29.9. The van der Waals surface area contributed by atoms with Crippen LogP contribution in [-0.4, -0.2) is 4.57 Å². The van der Waals surface area contributed by atoms with Gasteiger partial charge in [0.2, 0.25) is 0 Å². The maximum absolute atomic E-state index is 2.50. The molecule has 1 nitrogen and oxygen atoms in total. The molecule has 252 valence electrons. The number of fused-ring (bicyclic) bond motifs is 7. The van der Waals surface area contributed by atoms with Crippen molar-refractivity contribution in [2.75, 3.05) is 0 Å². The van der Waals surface area contributed by atoms with E-state index in [1.54, 1.807) is 5.57 Å². The fourth-order valence-electron chi connectivity index (χ4n) is 9.75. The van der Waals surface area contributed by atoms with Gasteiger partial charge in [0.25, 0.3) is 0 Å². The molecule has 1 unspecified atom stereocenters. The van der Waals surface area contributed by atoms with E-state index in [-0.39, 0.29) is 0 Å². The van der Waals surface area contributed by atoms with Crippen molar-refractivity contribution in [3.63, 3.8) is 0 Å². The lowest BCUT2D eigenvalue weighted by Gasteiger charge is -2.19. The predicted molar refractivity (Wildman–Crippen MR) is 226 cm³/mol. The van der Waals surface area contributed by atoms with Crippen LogP contribution in [0.5, 0.6) is 0 Å². The van der Waals surface area contributed by atoms with Gasteiger partial charge in [-0.1, -0.05) is 146 Å². The molecule has 8 aromatic rings. The number of para-hydroxylation sites is 2. The molecule has 1 aromatic heterocycles. The molecular weight excluding hydrogens is 639 g/mol. The van der Waals surface area contributed by atoms with E-state index in [0.29, 0.717) is 5.92 Å². The Labute approximate surface area is 310 Å². The van der Waals surface area contributed by atoms with Gasteiger partial charge in [0.1, 0.15) is 0 Å². The molecule has 53 heavy (non-hydrogen) atoms. The Balaban J connectivity index is 1.10. The summed E-state index contributed by atoms with van der Waals surface area (Å²) in [6.45, 7) is 2.39. The highest BCUT2D eigenvalue weighted by Gasteiger charge is 2.27. The molecule has 0 radical (unpaired) electrons. The SMILES string of the molecule is CC1CC=CC2=C1Cc1c2cccc1-c1cccc(-c2c3c(c(-c4cccc(-n5c6ccccc6c6ccccc65)c4)c4ccccc24)=CCCC=3)c1. The van der Waals surface area contributed by atoms with Gasteiger partial charge in [-0.05, 0) is 133 Å². The third kappa shape index (κ3) is 4.63. The summed E-state index contributed by atoms with van der Waals surface area (Å²) < 4.78 is 2.43. The number of allylic oxidation sites excluding steroid dienone is 4. The Morgan fingerprint density at radius 1 is 0.528 bits per heavy atom. The van der Waals surface area contributed by atoms with Crippen LogP contribution in [0.2, 0.25) is 0 Å². The summed E-state index contributed by atoms with van der Waals surface area (Å²) in [5.41, 5.74) is 17.5. The first kappa shape index (κ1) is 30.4. The first-order chi connectivity index (χ1) is 26.2. The Kier molecular flexibility index (Phi) is 6.86. The quantitative estimate of drug-likeness (QED) is 0.175. The van der Waals surface area contributed by atoms with Crippen LogP contribution < -0.4 is 10.4 Å². The van der Waals surface area contributed by atoms with E-state index in [1.807, 2.05) is 0 Å². The van der Waals surface area contributed by atoms with Crippen molar-refractivity contribution in [2.24, 2.45) is 5.92 Å². The Bertz CT molecular complexity index is 2970. The van der Waals surface area contributed by atoms with E-state index < -0.39 is 0 Å². The second kappa shape index (κ2) is 11.9. The fourth-order valence-corrected chi connectivity index (χ4v) is 9.75. The maximum atomic E-state index is 2.50. The number of aromatic nitrogens is 1. The number of benzene rings is 7. The van der Waals surface area contributed by atoms with Gasteiger partial charge in [0.05, 0.1) is 11.0 Å². The van der Waals surface area contributed by atoms with Crippen LogP contribution in [0.1, 0.15) is 37.3 Å². The van der Waals surface area contributed by atoms with Crippen molar-refractivity contribution in [3.05, 3.63) is 179 Å². The third-order valence-corrected chi connectivity index (χ3v) is 12.1. The predicted octanol–water partition coefficient (Wildman–Crippen LogP) is 12.2. The molecule has 0 fully saturated rings. The van der Waals surface area contributed by atoms with Gasteiger partial charge in [-0.2, -0.15) is 0 Å². The summed E-state index contributed by atoms with van der Waals surface area (Å²) in [7, 11) is 0. The van der Waals surface area contributed by atoms with Crippen molar-refractivity contribution >= 4 is 50.3 Å². The first-order valence-corrected chi connectivity index (χ1v) is 19.2. The largest absolute Gasteiger partial charge is 0.309 e. The molecule has 0 N–H and O–H groups in total. The molecule has 1 heterocycles. The van der Waals surface area contributed by atoms with Gasteiger partial charge >= 0.3 is 0 Å². The lowest BCUT2D eigenvalue weighted by molar-refractivity contribution is 0.677. The Morgan fingerprint density at radius 2 is 1.09 bits per heavy atom. The summed E-state index contributed by atoms with van der Waals surface area (Å²) in [6.07, 6.45) is 14.0. The van der Waals surface area contributed by atoms with Gasteiger partial charge in [-0.25, -0.2) is 0 Å². The normalized spacial score (nSPS) is 16.1. The standard InChI is InChI=1S/C52H39N/c1-33-14-10-26-39-40-27-13-25-38(48(40)32-47(33)39)34-15-11-16-35(30-34)51-43-21-2-4-23-45(43)52(46-24-5-3-22-44(46)51)36-17-12-18-37(31-36)53-49-28-8-6-19-41(49)42-20-7-9-29-50(42)53/h2,4,6-13,15-31,33H,3,5,14,32H2,1H3. The summed E-state index contributed by atoms with van der Waals surface area (Å²) in [6, 6.07) is 52.2. The van der Waals surface area contributed by atoms with Crippen molar-refractivity contribution in [2.45, 2.75) is 32.6 Å². The number of hydrogen-bond acceptors (Lipinski definition) is 0. The summed E-state index contributed by atoms with van der Waals surface area (Å²) in [5, 5.41) is 7.89. The van der Waals surface area contributed by atoms with E-state index in [4.69, 9.17) is 0 Å². The van der Waals surface area contributed by atoms with Crippen LogP contribution >= 0.6 is 0 Å². The van der Waals surface area contributed by atoms with Crippen molar-refractivity contribution in [1.82, 2.24) is 4.57 Å². The molecule has 3 aliphatic rings. The number of rotatable bonds is 4. The fraction of sp³-hybridized carbons (Fsp3) is 0.115. The molecule has 1 heteroatoms. The number of hydrogen-bond donors (Lipinski definition) is 0. The van der Waals surface area contributed by atoms with Crippen LogP contribution in [0.4, 0.5) is 0 Å². The molecule has 0 aliphatic heterocycles. The molecule has 0 saturated heterocycles. The smallest absolute Gasteiger partial charge is 0.0541 e. The molecule has 1 atom stereocenters. The van der Waals surface area contributed by atoms with Gasteiger partial charge in [0, 0.05) is 16.5 Å². The summed E-state index contributed by atoms with van der Waals surface area (Å²) >= 11 is 0. The summed E-state index contributed by atoms with van der Waals surface area (Å²) in [5.74, 6) is 0.604. The average Bonchev–Trinajstić information content (AvgIpc) is 3.77. The molecule has 0 spiro atoms.